The SMILES string of the molecule is O=C(Nc1ccc(-c2ccc(N3CCCCCC3)nn2)cc1)C12CC3CC(CC(C3)C1)C2. The number of anilines is 2. The topological polar surface area (TPSA) is 58.1 Å². The Labute approximate surface area is 191 Å². The number of benzene rings is 1. The van der Waals surface area contributed by atoms with Crippen molar-refractivity contribution in [2.75, 3.05) is 23.3 Å². The van der Waals surface area contributed by atoms with Crippen LogP contribution in [0.25, 0.3) is 11.3 Å². The molecular weight excluding hydrogens is 396 g/mol. The van der Waals surface area contributed by atoms with Crippen LogP contribution in [0, 0.1) is 23.2 Å². The molecule has 5 fully saturated rings. The number of carbonyl (C=O) groups excluding carboxylic acids is 1. The molecule has 0 atom stereocenters. The summed E-state index contributed by atoms with van der Waals surface area (Å²) in [5.41, 5.74) is 2.70. The fraction of sp³-hybridized carbons (Fsp3) is 0.593. The molecular formula is C27H34N4O. The Morgan fingerprint density at radius 2 is 1.44 bits per heavy atom. The van der Waals surface area contributed by atoms with E-state index in [0.29, 0.717) is 0 Å². The number of nitrogens with zero attached hydrogens (tertiary/aromatic N) is 3. The molecule has 0 spiro atoms. The van der Waals surface area contributed by atoms with Crippen LogP contribution in [0.3, 0.4) is 0 Å². The number of amides is 1. The molecule has 1 aromatic heterocycles. The quantitative estimate of drug-likeness (QED) is 0.678. The fourth-order valence-electron chi connectivity index (χ4n) is 7.32. The minimum absolute atomic E-state index is 0.109. The minimum Gasteiger partial charge on any atom is -0.355 e. The first-order valence-electron chi connectivity index (χ1n) is 12.7. The van der Waals surface area contributed by atoms with Crippen molar-refractivity contribution in [1.82, 2.24) is 10.2 Å². The summed E-state index contributed by atoms with van der Waals surface area (Å²) in [6.45, 7) is 2.15. The highest BCUT2D eigenvalue weighted by Gasteiger charge is 2.54. The average Bonchev–Trinajstić information content (AvgIpc) is 3.09. The molecule has 1 N–H and O–H groups in total. The van der Waals surface area contributed by atoms with Gasteiger partial charge in [-0.05, 0) is 93.4 Å². The maximum absolute atomic E-state index is 13.3. The first-order valence-corrected chi connectivity index (χ1v) is 12.7. The van der Waals surface area contributed by atoms with E-state index in [2.05, 4.69) is 32.5 Å². The van der Waals surface area contributed by atoms with E-state index < -0.39 is 0 Å². The van der Waals surface area contributed by atoms with Gasteiger partial charge >= 0.3 is 0 Å². The Hall–Kier alpha value is -2.43. The lowest BCUT2D eigenvalue weighted by atomic mass is 9.49. The standard InChI is InChI=1S/C27H34N4O/c32-26(27-16-19-13-20(17-27)15-21(14-19)18-27)28-23-7-5-22(6-8-23)24-9-10-25(30-29-24)31-11-3-1-2-4-12-31/h5-10,19-21H,1-4,11-18H2,(H,28,32). The molecule has 2 heterocycles. The van der Waals surface area contributed by atoms with Gasteiger partial charge in [-0.1, -0.05) is 25.0 Å². The third kappa shape index (κ3) is 3.80. The van der Waals surface area contributed by atoms with Crippen molar-refractivity contribution in [1.29, 1.82) is 0 Å². The van der Waals surface area contributed by atoms with E-state index in [9.17, 15) is 4.79 Å². The molecule has 1 aliphatic heterocycles. The number of aromatic nitrogens is 2. The zero-order valence-electron chi connectivity index (χ0n) is 18.9. The summed E-state index contributed by atoms with van der Waals surface area (Å²) in [7, 11) is 0. The Morgan fingerprint density at radius 3 is 2.00 bits per heavy atom. The summed E-state index contributed by atoms with van der Waals surface area (Å²) in [5.74, 6) is 3.58. The van der Waals surface area contributed by atoms with Crippen LogP contribution in [-0.2, 0) is 4.79 Å². The van der Waals surface area contributed by atoms with Gasteiger partial charge in [-0.25, -0.2) is 0 Å². The molecule has 2 aromatic rings. The molecule has 5 aliphatic rings. The second-order valence-corrected chi connectivity index (χ2v) is 10.9. The van der Waals surface area contributed by atoms with Gasteiger partial charge in [0.25, 0.3) is 0 Å². The molecule has 168 valence electrons. The van der Waals surface area contributed by atoms with Gasteiger partial charge in [-0.3, -0.25) is 4.79 Å². The molecule has 4 saturated carbocycles. The van der Waals surface area contributed by atoms with Gasteiger partial charge in [0.1, 0.15) is 0 Å². The molecule has 1 aromatic carbocycles. The van der Waals surface area contributed by atoms with Crippen LogP contribution in [0.15, 0.2) is 36.4 Å². The van der Waals surface area contributed by atoms with E-state index in [-0.39, 0.29) is 11.3 Å². The highest BCUT2D eigenvalue weighted by Crippen LogP contribution is 2.60. The van der Waals surface area contributed by atoms with Crippen molar-refractivity contribution in [2.45, 2.75) is 64.2 Å². The van der Waals surface area contributed by atoms with E-state index in [1.165, 1.54) is 44.9 Å². The highest BCUT2D eigenvalue weighted by atomic mass is 16.2. The van der Waals surface area contributed by atoms with Gasteiger partial charge in [-0.2, -0.15) is 0 Å². The van der Waals surface area contributed by atoms with Crippen LogP contribution in [0.1, 0.15) is 64.2 Å². The van der Waals surface area contributed by atoms with E-state index in [1.807, 2.05) is 24.3 Å². The molecule has 5 heteroatoms. The van der Waals surface area contributed by atoms with E-state index in [1.54, 1.807) is 0 Å². The van der Waals surface area contributed by atoms with Crippen LogP contribution in [0.5, 0.6) is 0 Å². The van der Waals surface area contributed by atoms with Crippen molar-refractivity contribution in [3.63, 3.8) is 0 Å². The second-order valence-electron chi connectivity index (χ2n) is 10.9. The molecule has 4 aliphatic carbocycles. The summed E-state index contributed by atoms with van der Waals surface area (Å²) in [5, 5.41) is 12.3. The summed E-state index contributed by atoms with van der Waals surface area (Å²) >= 11 is 0. The van der Waals surface area contributed by atoms with Crippen molar-refractivity contribution in [3.8, 4) is 11.3 Å². The molecule has 0 radical (unpaired) electrons. The summed E-state index contributed by atoms with van der Waals surface area (Å²) in [6, 6.07) is 12.3. The van der Waals surface area contributed by atoms with Crippen LogP contribution in [0.2, 0.25) is 0 Å². The zero-order valence-corrected chi connectivity index (χ0v) is 18.9. The van der Waals surface area contributed by atoms with Crippen LogP contribution >= 0.6 is 0 Å². The molecule has 32 heavy (non-hydrogen) atoms. The number of rotatable bonds is 4. The van der Waals surface area contributed by atoms with Crippen molar-refractivity contribution < 1.29 is 4.79 Å². The average molecular weight is 431 g/mol. The highest BCUT2D eigenvalue weighted by molar-refractivity contribution is 5.95. The smallest absolute Gasteiger partial charge is 0.230 e. The van der Waals surface area contributed by atoms with Gasteiger partial charge in [-0.15, -0.1) is 10.2 Å². The van der Waals surface area contributed by atoms with Gasteiger partial charge in [0.15, 0.2) is 5.82 Å². The lowest BCUT2D eigenvalue weighted by Gasteiger charge is -2.55. The molecule has 1 saturated heterocycles. The van der Waals surface area contributed by atoms with E-state index in [4.69, 9.17) is 0 Å². The Balaban J connectivity index is 1.12. The summed E-state index contributed by atoms with van der Waals surface area (Å²) in [4.78, 5) is 15.6. The largest absolute Gasteiger partial charge is 0.355 e. The summed E-state index contributed by atoms with van der Waals surface area (Å²) in [6.07, 6.45) is 12.5. The lowest BCUT2D eigenvalue weighted by Crippen LogP contribution is -2.51. The van der Waals surface area contributed by atoms with Crippen molar-refractivity contribution in [2.24, 2.45) is 23.2 Å². The summed E-state index contributed by atoms with van der Waals surface area (Å²) < 4.78 is 0. The normalized spacial score (nSPS) is 31.4. The predicted molar refractivity (Wildman–Crippen MR) is 127 cm³/mol. The minimum atomic E-state index is -0.109. The number of hydrogen-bond donors (Lipinski definition) is 1. The third-order valence-corrected chi connectivity index (χ3v) is 8.54. The number of hydrogen-bond acceptors (Lipinski definition) is 4. The lowest BCUT2D eigenvalue weighted by molar-refractivity contribution is -0.140. The first kappa shape index (κ1) is 20.2. The Kier molecular flexibility index (Phi) is 5.15. The van der Waals surface area contributed by atoms with E-state index in [0.717, 1.165) is 72.9 Å². The monoisotopic (exact) mass is 430 g/mol. The van der Waals surface area contributed by atoms with Gasteiger partial charge in [0.2, 0.25) is 5.91 Å². The van der Waals surface area contributed by atoms with Crippen LogP contribution in [-0.4, -0.2) is 29.2 Å². The maximum atomic E-state index is 13.3. The maximum Gasteiger partial charge on any atom is 0.230 e. The molecule has 5 nitrogen and oxygen atoms in total. The van der Waals surface area contributed by atoms with Crippen LogP contribution < -0.4 is 10.2 Å². The molecule has 1 amide bonds. The van der Waals surface area contributed by atoms with E-state index >= 15 is 0 Å². The van der Waals surface area contributed by atoms with Gasteiger partial charge < -0.3 is 10.2 Å². The van der Waals surface area contributed by atoms with Gasteiger partial charge in [0.05, 0.1) is 11.1 Å². The zero-order chi connectivity index (χ0) is 21.5. The van der Waals surface area contributed by atoms with Crippen molar-refractivity contribution in [3.05, 3.63) is 36.4 Å². The predicted octanol–water partition coefficient (Wildman–Crippen LogP) is 5.68. The van der Waals surface area contributed by atoms with Gasteiger partial charge in [0, 0.05) is 24.3 Å². The van der Waals surface area contributed by atoms with Crippen LogP contribution in [0.4, 0.5) is 11.5 Å². The second kappa shape index (κ2) is 8.17. The number of nitrogens with one attached hydrogen (secondary N) is 1. The Morgan fingerprint density at radius 1 is 0.812 bits per heavy atom. The molecule has 7 rings (SSSR count). The number of carbonyl (C=O) groups is 1. The van der Waals surface area contributed by atoms with Crippen molar-refractivity contribution >= 4 is 17.4 Å². The Bertz CT molecular complexity index is 925. The molecule has 4 bridgehead atoms. The fourth-order valence-corrected chi connectivity index (χ4v) is 7.32. The first-order chi connectivity index (χ1) is 15.7. The molecule has 0 unspecified atom stereocenters. The third-order valence-electron chi connectivity index (χ3n) is 8.54.